The molecule has 0 unspecified atom stereocenters. The van der Waals surface area contributed by atoms with Gasteiger partial charge < -0.3 is 20.3 Å². The molecule has 0 saturated carbocycles. The summed E-state index contributed by atoms with van der Waals surface area (Å²) in [4.78, 5) is 14.0. The number of benzene rings is 1. The Kier molecular flexibility index (Phi) is 5.03. The number of nitrogens with one attached hydrogen (secondary N) is 2. The Labute approximate surface area is 113 Å². The predicted octanol–water partition coefficient (Wildman–Crippen LogP) is 1.07. The molecule has 1 aromatic rings. The maximum absolute atomic E-state index is 11.9. The summed E-state index contributed by atoms with van der Waals surface area (Å²) in [6, 6.07) is 8.11. The molecule has 1 aromatic carbocycles. The van der Waals surface area contributed by atoms with E-state index in [1.165, 1.54) is 0 Å². The van der Waals surface area contributed by atoms with Gasteiger partial charge in [0.1, 0.15) is 0 Å². The number of para-hydroxylation sites is 2. The summed E-state index contributed by atoms with van der Waals surface area (Å²) in [7, 11) is 1.63. The van der Waals surface area contributed by atoms with E-state index >= 15 is 0 Å². The van der Waals surface area contributed by atoms with E-state index in [0.717, 1.165) is 30.9 Å². The summed E-state index contributed by atoms with van der Waals surface area (Å²) in [5.74, 6) is 0.0359. The van der Waals surface area contributed by atoms with E-state index in [9.17, 15) is 4.79 Å². The number of hydrogen-bond acceptors (Lipinski definition) is 4. The zero-order chi connectivity index (χ0) is 13.5. The summed E-state index contributed by atoms with van der Waals surface area (Å²) in [5, 5.41) is 6.24. The van der Waals surface area contributed by atoms with E-state index < -0.39 is 0 Å². The highest BCUT2D eigenvalue weighted by Crippen LogP contribution is 2.27. The SMILES string of the molecule is COCCNC(=O)CN1CCCNc2ccccc21. The Morgan fingerprint density at radius 2 is 2.32 bits per heavy atom. The van der Waals surface area contributed by atoms with Crippen LogP contribution in [0.1, 0.15) is 6.42 Å². The second kappa shape index (κ2) is 6.99. The van der Waals surface area contributed by atoms with E-state index in [1.54, 1.807) is 7.11 Å². The topological polar surface area (TPSA) is 53.6 Å². The van der Waals surface area contributed by atoms with Gasteiger partial charge in [0, 0.05) is 26.7 Å². The molecule has 0 fully saturated rings. The highest BCUT2D eigenvalue weighted by atomic mass is 16.5. The molecule has 0 bridgehead atoms. The molecule has 0 spiro atoms. The van der Waals surface area contributed by atoms with Gasteiger partial charge in [-0.25, -0.2) is 0 Å². The van der Waals surface area contributed by atoms with Gasteiger partial charge in [-0.3, -0.25) is 4.79 Å². The molecule has 0 atom stereocenters. The number of hydrogen-bond donors (Lipinski definition) is 2. The summed E-state index contributed by atoms with van der Waals surface area (Å²) in [6.07, 6.45) is 1.03. The lowest BCUT2D eigenvalue weighted by atomic mass is 10.2. The Balaban J connectivity index is 1.98. The first-order valence-corrected chi connectivity index (χ1v) is 6.65. The van der Waals surface area contributed by atoms with Crippen molar-refractivity contribution in [2.75, 3.05) is 50.1 Å². The van der Waals surface area contributed by atoms with Gasteiger partial charge in [-0.2, -0.15) is 0 Å². The first-order valence-electron chi connectivity index (χ1n) is 6.65. The van der Waals surface area contributed by atoms with Crippen LogP contribution in [0.3, 0.4) is 0 Å². The Morgan fingerprint density at radius 1 is 1.47 bits per heavy atom. The summed E-state index contributed by atoms with van der Waals surface area (Å²) >= 11 is 0. The highest BCUT2D eigenvalue weighted by Gasteiger charge is 2.16. The molecule has 1 amide bonds. The van der Waals surface area contributed by atoms with E-state index in [-0.39, 0.29) is 5.91 Å². The Hall–Kier alpha value is -1.75. The van der Waals surface area contributed by atoms with Crippen molar-refractivity contribution in [1.29, 1.82) is 0 Å². The maximum Gasteiger partial charge on any atom is 0.239 e. The number of ether oxygens (including phenoxy) is 1. The van der Waals surface area contributed by atoms with Gasteiger partial charge in [-0.1, -0.05) is 12.1 Å². The van der Waals surface area contributed by atoms with Gasteiger partial charge in [0.15, 0.2) is 0 Å². The number of fused-ring (bicyclic) bond motifs is 1. The molecule has 5 heteroatoms. The minimum atomic E-state index is 0.0359. The van der Waals surface area contributed by atoms with E-state index in [4.69, 9.17) is 4.74 Å². The molecule has 2 rings (SSSR count). The zero-order valence-electron chi connectivity index (χ0n) is 11.3. The van der Waals surface area contributed by atoms with Crippen molar-refractivity contribution in [3.05, 3.63) is 24.3 Å². The lowest BCUT2D eigenvalue weighted by Gasteiger charge is -2.23. The van der Waals surface area contributed by atoms with Gasteiger partial charge in [0.25, 0.3) is 0 Å². The second-order valence-corrected chi connectivity index (χ2v) is 4.56. The molecule has 1 aliphatic rings. The third kappa shape index (κ3) is 3.86. The first kappa shape index (κ1) is 13.7. The predicted molar refractivity (Wildman–Crippen MR) is 76.6 cm³/mol. The molecule has 1 heterocycles. The van der Waals surface area contributed by atoms with Crippen LogP contribution in [0.5, 0.6) is 0 Å². The Morgan fingerprint density at radius 3 is 3.16 bits per heavy atom. The number of nitrogens with zero attached hydrogens (tertiary/aromatic N) is 1. The molecule has 0 saturated heterocycles. The van der Waals surface area contributed by atoms with Crippen LogP contribution < -0.4 is 15.5 Å². The molecule has 0 aliphatic carbocycles. The normalized spacial score (nSPS) is 14.3. The van der Waals surface area contributed by atoms with Crippen LogP contribution in [0.4, 0.5) is 11.4 Å². The zero-order valence-corrected chi connectivity index (χ0v) is 11.3. The fourth-order valence-corrected chi connectivity index (χ4v) is 2.20. The van der Waals surface area contributed by atoms with Crippen LogP contribution in [-0.2, 0) is 9.53 Å². The fraction of sp³-hybridized carbons (Fsp3) is 0.500. The summed E-state index contributed by atoms with van der Waals surface area (Å²) in [6.45, 7) is 3.33. The van der Waals surface area contributed by atoms with E-state index in [2.05, 4.69) is 27.7 Å². The average Bonchev–Trinajstić information content (AvgIpc) is 2.62. The summed E-state index contributed by atoms with van der Waals surface area (Å²) in [5.41, 5.74) is 2.20. The molecule has 19 heavy (non-hydrogen) atoms. The van der Waals surface area contributed by atoms with Crippen LogP contribution in [0, 0.1) is 0 Å². The molecule has 104 valence electrons. The molecule has 0 aromatic heterocycles. The Bertz CT molecular complexity index is 423. The van der Waals surface area contributed by atoms with Crippen molar-refractivity contribution in [1.82, 2.24) is 5.32 Å². The lowest BCUT2D eigenvalue weighted by Crippen LogP contribution is -2.38. The lowest BCUT2D eigenvalue weighted by molar-refractivity contribution is -0.119. The van der Waals surface area contributed by atoms with Gasteiger partial charge >= 0.3 is 0 Å². The third-order valence-electron chi connectivity index (χ3n) is 3.13. The van der Waals surface area contributed by atoms with Gasteiger partial charge in [-0.05, 0) is 18.6 Å². The maximum atomic E-state index is 11.9. The molecule has 0 radical (unpaired) electrons. The standard InChI is InChI=1S/C14H21N3O2/c1-19-10-8-16-14(18)11-17-9-4-7-15-12-5-2-3-6-13(12)17/h2-3,5-6,15H,4,7-11H2,1H3,(H,16,18). The number of methoxy groups -OCH3 is 1. The number of anilines is 2. The van der Waals surface area contributed by atoms with Crippen molar-refractivity contribution >= 4 is 17.3 Å². The van der Waals surface area contributed by atoms with E-state index in [1.807, 2.05) is 12.1 Å². The van der Waals surface area contributed by atoms with Crippen LogP contribution in [-0.4, -0.2) is 45.8 Å². The smallest absolute Gasteiger partial charge is 0.239 e. The monoisotopic (exact) mass is 263 g/mol. The fourth-order valence-electron chi connectivity index (χ4n) is 2.20. The number of rotatable bonds is 5. The third-order valence-corrected chi connectivity index (χ3v) is 3.13. The minimum absolute atomic E-state index is 0.0359. The van der Waals surface area contributed by atoms with Crippen LogP contribution in [0.15, 0.2) is 24.3 Å². The van der Waals surface area contributed by atoms with Crippen molar-refractivity contribution in [3.63, 3.8) is 0 Å². The van der Waals surface area contributed by atoms with Gasteiger partial charge in [-0.15, -0.1) is 0 Å². The second-order valence-electron chi connectivity index (χ2n) is 4.56. The molecular formula is C14H21N3O2. The first-order chi connectivity index (χ1) is 9.31. The van der Waals surface area contributed by atoms with Gasteiger partial charge in [0.05, 0.1) is 24.5 Å². The van der Waals surface area contributed by atoms with Gasteiger partial charge in [0.2, 0.25) is 5.91 Å². The number of carbonyl (C=O) groups is 1. The van der Waals surface area contributed by atoms with Crippen molar-refractivity contribution < 1.29 is 9.53 Å². The van der Waals surface area contributed by atoms with Crippen molar-refractivity contribution in [2.24, 2.45) is 0 Å². The quantitative estimate of drug-likeness (QED) is 0.780. The number of amides is 1. The molecular weight excluding hydrogens is 242 g/mol. The van der Waals surface area contributed by atoms with Crippen molar-refractivity contribution in [2.45, 2.75) is 6.42 Å². The molecule has 5 nitrogen and oxygen atoms in total. The van der Waals surface area contributed by atoms with Crippen molar-refractivity contribution in [3.8, 4) is 0 Å². The largest absolute Gasteiger partial charge is 0.383 e. The summed E-state index contributed by atoms with van der Waals surface area (Å²) < 4.78 is 4.92. The van der Waals surface area contributed by atoms with E-state index in [0.29, 0.717) is 19.7 Å². The van der Waals surface area contributed by atoms with Crippen LogP contribution in [0.25, 0.3) is 0 Å². The van der Waals surface area contributed by atoms with Crippen LogP contribution in [0.2, 0.25) is 0 Å². The average molecular weight is 263 g/mol. The molecule has 2 N–H and O–H groups in total. The van der Waals surface area contributed by atoms with Crippen LogP contribution >= 0.6 is 0 Å². The minimum Gasteiger partial charge on any atom is -0.383 e. The highest BCUT2D eigenvalue weighted by molar-refractivity contribution is 5.83. The number of carbonyl (C=O) groups excluding carboxylic acids is 1. The molecule has 1 aliphatic heterocycles.